The summed E-state index contributed by atoms with van der Waals surface area (Å²) in [5, 5.41) is 0. The second kappa shape index (κ2) is 2.84. The predicted molar refractivity (Wildman–Crippen MR) is 42.2 cm³/mol. The van der Waals surface area contributed by atoms with E-state index < -0.39 is 0 Å². The van der Waals surface area contributed by atoms with Crippen molar-refractivity contribution in [2.75, 3.05) is 0 Å². The Morgan fingerprint density at radius 1 is 1.73 bits per heavy atom. The van der Waals surface area contributed by atoms with Gasteiger partial charge >= 0.3 is 0 Å². The maximum Gasteiger partial charge on any atom is 0.253 e. The van der Waals surface area contributed by atoms with Crippen LogP contribution in [0.5, 0.6) is 0 Å². The lowest BCUT2D eigenvalue weighted by Gasteiger charge is -2.05. The van der Waals surface area contributed by atoms with Crippen LogP contribution in [0, 0.1) is 6.92 Å². The fourth-order valence-corrected chi connectivity index (χ4v) is 0.941. The molecule has 1 aromatic heterocycles. The molecule has 60 valence electrons. The Kier molecular flexibility index (Phi) is 2.05. The summed E-state index contributed by atoms with van der Waals surface area (Å²) in [5.41, 5.74) is 6.71. The number of rotatable bonds is 1. The normalized spacial score (nSPS) is 13.0. The molecule has 0 bridgehead atoms. The fourth-order valence-electron chi connectivity index (χ4n) is 0.941. The van der Waals surface area contributed by atoms with Gasteiger partial charge in [0.15, 0.2) is 0 Å². The van der Waals surface area contributed by atoms with Crippen molar-refractivity contribution in [1.29, 1.82) is 0 Å². The highest BCUT2D eigenvalue weighted by atomic mass is 16.1. The van der Waals surface area contributed by atoms with Gasteiger partial charge in [-0.1, -0.05) is 0 Å². The first-order valence-electron chi connectivity index (χ1n) is 3.42. The zero-order chi connectivity index (χ0) is 8.43. The molecule has 0 saturated heterocycles. The molecule has 0 fully saturated rings. The lowest BCUT2D eigenvalue weighted by atomic mass is 10.1. The number of aromatic nitrogens is 2. The van der Waals surface area contributed by atoms with Gasteiger partial charge in [-0.25, -0.2) is 4.98 Å². The van der Waals surface area contributed by atoms with Gasteiger partial charge in [-0.2, -0.15) is 0 Å². The number of nitrogens with one attached hydrogen (secondary N) is 1. The topological polar surface area (TPSA) is 71.8 Å². The average molecular weight is 153 g/mol. The standard InChI is InChI=1S/C7H11N3O/c1-4-6(5(2)8)9-3-10-7(4)11/h3,5H,8H2,1-2H3,(H,9,10,11). The molecule has 0 spiro atoms. The second-order valence-electron chi connectivity index (χ2n) is 2.53. The first-order chi connectivity index (χ1) is 5.13. The summed E-state index contributed by atoms with van der Waals surface area (Å²) in [6.07, 6.45) is 1.37. The first kappa shape index (κ1) is 7.94. The van der Waals surface area contributed by atoms with Gasteiger partial charge in [0.25, 0.3) is 5.56 Å². The summed E-state index contributed by atoms with van der Waals surface area (Å²) >= 11 is 0. The van der Waals surface area contributed by atoms with E-state index in [-0.39, 0.29) is 11.6 Å². The summed E-state index contributed by atoms with van der Waals surface area (Å²) in [7, 11) is 0. The summed E-state index contributed by atoms with van der Waals surface area (Å²) < 4.78 is 0. The van der Waals surface area contributed by atoms with Crippen molar-refractivity contribution in [2.24, 2.45) is 5.73 Å². The summed E-state index contributed by atoms with van der Waals surface area (Å²) in [6.45, 7) is 3.51. The molecule has 4 heteroatoms. The quantitative estimate of drug-likeness (QED) is 0.601. The minimum absolute atomic E-state index is 0.118. The first-order valence-corrected chi connectivity index (χ1v) is 3.42. The number of nitrogens with two attached hydrogens (primary N) is 1. The van der Waals surface area contributed by atoms with Crippen molar-refractivity contribution in [3.8, 4) is 0 Å². The van der Waals surface area contributed by atoms with Crippen LogP contribution in [0.3, 0.4) is 0 Å². The third-order valence-corrected chi connectivity index (χ3v) is 1.56. The third kappa shape index (κ3) is 1.46. The molecule has 1 rings (SSSR count). The van der Waals surface area contributed by atoms with E-state index >= 15 is 0 Å². The minimum Gasteiger partial charge on any atom is -0.323 e. The third-order valence-electron chi connectivity index (χ3n) is 1.56. The molecule has 1 aromatic rings. The van der Waals surface area contributed by atoms with Crippen molar-refractivity contribution in [3.05, 3.63) is 27.9 Å². The molecule has 0 saturated carbocycles. The van der Waals surface area contributed by atoms with E-state index in [9.17, 15) is 4.79 Å². The van der Waals surface area contributed by atoms with Crippen LogP contribution in [-0.2, 0) is 0 Å². The van der Waals surface area contributed by atoms with Gasteiger partial charge < -0.3 is 10.7 Å². The summed E-state index contributed by atoms with van der Waals surface area (Å²) in [6, 6.07) is -0.183. The van der Waals surface area contributed by atoms with Crippen LogP contribution in [0.2, 0.25) is 0 Å². The molecule has 0 radical (unpaired) electrons. The van der Waals surface area contributed by atoms with Crippen molar-refractivity contribution in [3.63, 3.8) is 0 Å². The van der Waals surface area contributed by atoms with Gasteiger partial charge in [-0.3, -0.25) is 4.79 Å². The van der Waals surface area contributed by atoms with Crippen molar-refractivity contribution >= 4 is 0 Å². The summed E-state index contributed by atoms with van der Waals surface area (Å²) in [4.78, 5) is 17.4. The van der Waals surface area contributed by atoms with E-state index in [4.69, 9.17) is 5.73 Å². The average Bonchev–Trinajstić information content (AvgIpc) is 1.94. The molecular formula is C7H11N3O. The number of nitrogens with zero attached hydrogens (tertiary/aromatic N) is 1. The fraction of sp³-hybridized carbons (Fsp3) is 0.429. The lowest BCUT2D eigenvalue weighted by Crippen LogP contribution is -2.18. The van der Waals surface area contributed by atoms with Gasteiger partial charge in [-0.05, 0) is 13.8 Å². The Bertz CT molecular complexity index is 303. The molecule has 0 amide bonds. The van der Waals surface area contributed by atoms with E-state index in [2.05, 4.69) is 9.97 Å². The summed E-state index contributed by atoms with van der Waals surface area (Å²) in [5.74, 6) is 0. The second-order valence-corrected chi connectivity index (χ2v) is 2.53. The van der Waals surface area contributed by atoms with E-state index in [1.807, 2.05) is 0 Å². The Morgan fingerprint density at radius 3 is 2.82 bits per heavy atom. The van der Waals surface area contributed by atoms with E-state index in [0.29, 0.717) is 11.3 Å². The number of hydrogen-bond donors (Lipinski definition) is 2. The highest BCUT2D eigenvalue weighted by molar-refractivity contribution is 5.16. The Morgan fingerprint density at radius 2 is 2.36 bits per heavy atom. The molecular weight excluding hydrogens is 142 g/mol. The molecule has 0 aromatic carbocycles. The molecule has 1 atom stereocenters. The van der Waals surface area contributed by atoms with Crippen LogP contribution >= 0.6 is 0 Å². The van der Waals surface area contributed by atoms with Gasteiger partial charge in [0.05, 0.1) is 12.0 Å². The smallest absolute Gasteiger partial charge is 0.253 e. The SMILES string of the molecule is Cc1c(C(C)N)nc[nH]c1=O. The van der Waals surface area contributed by atoms with E-state index in [1.165, 1.54) is 6.33 Å². The van der Waals surface area contributed by atoms with Crippen molar-refractivity contribution in [2.45, 2.75) is 19.9 Å². The molecule has 3 N–H and O–H groups in total. The molecule has 0 aliphatic carbocycles. The predicted octanol–water partition coefficient (Wildman–Crippen LogP) is 0.0980. The highest BCUT2D eigenvalue weighted by Crippen LogP contribution is 2.05. The zero-order valence-electron chi connectivity index (χ0n) is 6.59. The maximum absolute atomic E-state index is 11.0. The van der Waals surface area contributed by atoms with E-state index in [1.54, 1.807) is 13.8 Å². The van der Waals surface area contributed by atoms with Crippen molar-refractivity contribution < 1.29 is 0 Å². The van der Waals surface area contributed by atoms with Crippen LogP contribution < -0.4 is 11.3 Å². The molecule has 1 unspecified atom stereocenters. The van der Waals surface area contributed by atoms with Gasteiger partial charge in [0, 0.05) is 11.6 Å². The molecule has 11 heavy (non-hydrogen) atoms. The Balaban J connectivity index is 3.28. The number of aromatic amines is 1. The largest absolute Gasteiger partial charge is 0.323 e. The van der Waals surface area contributed by atoms with Crippen LogP contribution in [0.15, 0.2) is 11.1 Å². The van der Waals surface area contributed by atoms with Crippen LogP contribution in [-0.4, -0.2) is 9.97 Å². The van der Waals surface area contributed by atoms with Gasteiger partial charge in [-0.15, -0.1) is 0 Å². The van der Waals surface area contributed by atoms with Crippen LogP contribution in [0.1, 0.15) is 24.2 Å². The Hall–Kier alpha value is -1.16. The van der Waals surface area contributed by atoms with Crippen molar-refractivity contribution in [1.82, 2.24) is 9.97 Å². The highest BCUT2D eigenvalue weighted by Gasteiger charge is 2.06. The molecule has 4 nitrogen and oxygen atoms in total. The monoisotopic (exact) mass is 153 g/mol. The van der Waals surface area contributed by atoms with Gasteiger partial charge in [0.2, 0.25) is 0 Å². The Labute approximate surface area is 64.5 Å². The number of hydrogen-bond acceptors (Lipinski definition) is 3. The zero-order valence-corrected chi connectivity index (χ0v) is 6.59. The minimum atomic E-state index is -0.183. The van der Waals surface area contributed by atoms with Gasteiger partial charge in [0.1, 0.15) is 0 Å². The molecule has 0 aliphatic heterocycles. The number of H-pyrrole nitrogens is 1. The molecule has 0 aliphatic rings. The molecule has 1 heterocycles. The lowest BCUT2D eigenvalue weighted by molar-refractivity contribution is 0.759. The van der Waals surface area contributed by atoms with Crippen LogP contribution in [0.4, 0.5) is 0 Å². The van der Waals surface area contributed by atoms with E-state index in [0.717, 1.165) is 0 Å². The van der Waals surface area contributed by atoms with Crippen LogP contribution in [0.25, 0.3) is 0 Å². The maximum atomic E-state index is 11.0.